The number of hydrogen-bond acceptors (Lipinski definition) is 5. The maximum Gasteiger partial charge on any atom is 0.305 e. The van der Waals surface area contributed by atoms with Crippen LogP contribution in [0, 0.1) is 0 Å². The summed E-state index contributed by atoms with van der Waals surface area (Å²) in [7, 11) is 1.40. The SMILES string of the molecule is COC(=O)CCCCCNC(=S)N/N=C(\C)c1ccc2ccccc2c1O. The van der Waals surface area contributed by atoms with Crippen molar-refractivity contribution in [2.45, 2.75) is 32.6 Å². The van der Waals surface area contributed by atoms with Crippen molar-refractivity contribution >= 4 is 39.8 Å². The van der Waals surface area contributed by atoms with Gasteiger partial charge in [-0.15, -0.1) is 0 Å². The minimum atomic E-state index is -0.179. The van der Waals surface area contributed by atoms with Crippen LogP contribution in [0.25, 0.3) is 10.8 Å². The van der Waals surface area contributed by atoms with E-state index in [0.717, 1.165) is 30.0 Å². The molecule has 0 fully saturated rings. The molecule has 0 radical (unpaired) electrons. The number of methoxy groups -OCH3 is 1. The zero-order chi connectivity index (χ0) is 19.6. The first kappa shape index (κ1) is 20.6. The third-order valence-corrected chi connectivity index (χ3v) is 4.42. The average Bonchev–Trinajstić information content (AvgIpc) is 2.69. The summed E-state index contributed by atoms with van der Waals surface area (Å²) in [5.74, 6) is 0.0301. The van der Waals surface area contributed by atoms with E-state index in [-0.39, 0.29) is 11.7 Å². The number of nitrogens with zero attached hydrogens (tertiary/aromatic N) is 1. The van der Waals surface area contributed by atoms with Crippen LogP contribution in [0.15, 0.2) is 41.5 Å². The number of aromatic hydroxyl groups is 1. The van der Waals surface area contributed by atoms with E-state index in [0.29, 0.717) is 29.4 Å². The first-order chi connectivity index (χ1) is 13.0. The smallest absolute Gasteiger partial charge is 0.305 e. The van der Waals surface area contributed by atoms with Gasteiger partial charge in [0.15, 0.2) is 5.11 Å². The molecule has 2 aromatic rings. The third-order valence-electron chi connectivity index (χ3n) is 4.19. The van der Waals surface area contributed by atoms with Crippen LogP contribution >= 0.6 is 12.2 Å². The van der Waals surface area contributed by atoms with Crippen LogP contribution in [0.4, 0.5) is 0 Å². The van der Waals surface area contributed by atoms with Crippen LogP contribution in [-0.4, -0.2) is 35.6 Å². The maximum atomic E-state index is 11.0. The number of benzene rings is 2. The van der Waals surface area contributed by atoms with E-state index in [1.807, 2.05) is 43.3 Å². The van der Waals surface area contributed by atoms with Gasteiger partial charge in [0.25, 0.3) is 0 Å². The molecule has 0 unspecified atom stereocenters. The van der Waals surface area contributed by atoms with Gasteiger partial charge in [-0.05, 0) is 43.4 Å². The maximum absolute atomic E-state index is 11.0. The molecule has 2 aromatic carbocycles. The molecular weight excluding hydrogens is 362 g/mol. The lowest BCUT2D eigenvalue weighted by molar-refractivity contribution is -0.140. The van der Waals surface area contributed by atoms with Gasteiger partial charge >= 0.3 is 5.97 Å². The molecule has 27 heavy (non-hydrogen) atoms. The third kappa shape index (κ3) is 6.21. The van der Waals surface area contributed by atoms with Crippen molar-refractivity contribution in [1.29, 1.82) is 0 Å². The summed E-state index contributed by atoms with van der Waals surface area (Å²) in [6.45, 7) is 2.51. The Kier molecular flexibility index (Phi) is 8.00. The quantitative estimate of drug-likeness (QED) is 0.212. The Hall–Kier alpha value is -2.67. The van der Waals surface area contributed by atoms with E-state index < -0.39 is 0 Å². The number of thiocarbonyl (C=S) groups is 1. The van der Waals surface area contributed by atoms with Gasteiger partial charge in [0.05, 0.1) is 12.8 Å². The molecule has 0 saturated heterocycles. The number of hydrazone groups is 1. The Morgan fingerprint density at radius 1 is 1.19 bits per heavy atom. The highest BCUT2D eigenvalue weighted by Gasteiger charge is 2.09. The van der Waals surface area contributed by atoms with Gasteiger partial charge in [-0.25, -0.2) is 0 Å². The van der Waals surface area contributed by atoms with Crippen molar-refractivity contribution < 1.29 is 14.6 Å². The molecule has 0 saturated carbocycles. The highest BCUT2D eigenvalue weighted by atomic mass is 32.1. The van der Waals surface area contributed by atoms with Crippen molar-refractivity contribution in [2.75, 3.05) is 13.7 Å². The molecule has 0 aliphatic carbocycles. The van der Waals surface area contributed by atoms with Gasteiger partial charge in [-0.1, -0.05) is 36.8 Å². The van der Waals surface area contributed by atoms with E-state index >= 15 is 0 Å². The standard InChI is InChI=1S/C20H25N3O3S/c1-14(16-12-11-15-8-5-6-9-17(15)19(16)25)22-23-20(27)21-13-7-3-4-10-18(24)26-2/h5-6,8-9,11-12,25H,3-4,7,10,13H2,1-2H3,(H2,21,23,27)/b22-14+. The molecule has 0 amide bonds. The average molecular weight is 388 g/mol. The summed E-state index contributed by atoms with van der Waals surface area (Å²) in [6.07, 6.45) is 3.05. The summed E-state index contributed by atoms with van der Waals surface area (Å²) in [4.78, 5) is 11.0. The molecule has 6 nitrogen and oxygen atoms in total. The summed E-state index contributed by atoms with van der Waals surface area (Å²) in [5.41, 5.74) is 4.10. The topological polar surface area (TPSA) is 83.0 Å². The Morgan fingerprint density at radius 3 is 2.74 bits per heavy atom. The Balaban J connectivity index is 1.80. The number of rotatable bonds is 8. The van der Waals surface area contributed by atoms with Crippen molar-refractivity contribution in [2.24, 2.45) is 5.10 Å². The number of nitrogens with one attached hydrogen (secondary N) is 2. The first-order valence-corrected chi connectivity index (χ1v) is 9.29. The van der Waals surface area contributed by atoms with Crippen molar-refractivity contribution in [1.82, 2.24) is 10.7 Å². The molecule has 0 bridgehead atoms. The van der Waals surface area contributed by atoms with Crippen LogP contribution in [0.3, 0.4) is 0 Å². The number of phenolic OH excluding ortho intramolecular Hbond substituents is 1. The summed E-state index contributed by atoms with van der Waals surface area (Å²) < 4.78 is 4.60. The van der Waals surface area contributed by atoms with Gasteiger partial charge in [-0.3, -0.25) is 10.2 Å². The highest BCUT2D eigenvalue weighted by Crippen LogP contribution is 2.28. The minimum Gasteiger partial charge on any atom is -0.507 e. The number of phenols is 1. The van der Waals surface area contributed by atoms with Crippen LogP contribution < -0.4 is 10.7 Å². The van der Waals surface area contributed by atoms with E-state index in [4.69, 9.17) is 12.2 Å². The normalized spacial score (nSPS) is 11.3. The van der Waals surface area contributed by atoms with Crippen molar-refractivity contribution in [3.8, 4) is 5.75 Å². The van der Waals surface area contributed by atoms with Gasteiger partial charge in [0.1, 0.15) is 5.75 Å². The molecular formula is C20H25N3O3S. The number of hydrogen-bond donors (Lipinski definition) is 3. The second-order valence-corrected chi connectivity index (χ2v) is 6.54. The number of unbranched alkanes of at least 4 members (excludes halogenated alkanes) is 2. The summed E-state index contributed by atoms with van der Waals surface area (Å²) in [6, 6.07) is 11.4. The first-order valence-electron chi connectivity index (χ1n) is 8.89. The van der Waals surface area contributed by atoms with Crippen LogP contribution in [0.2, 0.25) is 0 Å². The van der Waals surface area contributed by atoms with Crippen LogP contribution in [-0.2, 0) is 9.53 Å². The van der Waals surface area contributed by atoms with E-state index in [9.17, 15) is 9.90 Å². The lowest BCUT2D eigenvalue weighted by Crippen LogP contribution is -2.33. The van der Waals surface area contributed by atoms with Gasteiger partial charge < -0.3 is 15.2 Å². The molecule has 7 heteroatoms. The lowest BCUT2D eigenvalue weighted by atomic mass is 10.0. The lowest BCUT2D eigenvalue weighted by Gasteiger charge is -2.10. The van der Waals surface area contributed by atoms with Gasteiger partial charge in [0, 0.05) is 23.9 Å². The second kappa shape index (κ2) is 10.5. The number of fused-ring (bicyclic) bond motifs is 1. The number of carbonyl (C=O) groups excluding carboxylic acids is 1. The van der Waals surface area contributed by atoms with Gasteiger partial charge in [0.2, 0.25) is 0 Å². The fourth-order valence-corrected chi connectivity index (χ4v) is 2.80. The molecule has 0 aliphatic rings. The molecule has 3 N–H and O–H groups in total. The van der Waals surface area contributed by atoms with Gasteiger partial charge in [-0.2, -0.15) is 5.10 Å². The molecule has 0 aromatic heterocycles. The van der Waals surface area contributed by atoms with Crippen LogP contribution in [0.1, 0.15) is 38.2 Å². The Labute approximate surface area is 164 Å². The highest BCUT2D eigenvalue weighted by molar-refractivity contribution is 7.80. The minimum absolute atomic E-state index is 0.179. The largest absolute Gasteiger partial charge is 0.507 e. The number of esters is 1. The molecule has 0 atom stereocenters. The van der Waals surface area contributed by atoms with Crippen molar-refractivity contribution in [3.63, 3.8) is 0 Å². The molecule has 0 heterocycles. The fourth-order valence-electron chi connectivity index (χ4n) is 2.66. The zero-order valence-corrected chi connectivity index (χ0v) is 16.4. The monoisotopic (exact) mass is 387 g/mol. The Bertz CT molecular complexity index is 836. The van der Waals surface area contributed by atoms with E-state index in [1.165, 1.54) is 7.11 Å². The number of carbonyl (C=O) groups is 1. The predicted molar refractivity (Wildman–Crippen MR) is 112 cm³/mol. The summed E-state index contributed by atoms with van der Waals surface area (Å²) in [5, 5.41) is 20.0. The predicted octanol–water partition coefficient (Wildman–Crippen LogP) is 3.47. The van der Waals surface area contributed by atoms with Crippen molar-refractivity contribution in [3.05, 3.63) is 42.0 Å². The van der Waals surface area contributed by atoms with E-state index in [2.05, 4.69) is 20.6 Å². The number of ether oxygens (including phenoxy) is 1. The Morgan fingerprint density at radius 2 is 1.96 bits per heavy atom. The van der Waals surface area contributed by atoms with E-state index in [1.54, 1.807) is 0 Å². The van der Waals surface area contributed by atoms with Crippen LogP contribution in [0.5, 0.6) is 5.75 Å². The summed E-state index contributed by atoms with van der Waals surface area (Å²) >= 11 is 5.20. The molecule has 144 valence electrons. The fraction of sp³-hybridized carbons (Fsp3) is 0.350. The zero-order valence-electron chi connectivity index (χ0n) is 15.6. The molecule has 0 aliphatic heterocycles. The molecule has 0 spiro atoms. The molecule has 2 rings (SSSR count). The second-order valence-electron chi connectivity index (χ2n) is 6.13.